The van der Waals surface area contributed by atoms with E-state index in [1.165, 1.54) is 7.11 Å². The summed E-state index contributed by atoms with van der Waals surface area (Å²) in [5.41, 5.74) is 0.631. The second-order valence-corrected chi connectivity index (χ2v) is 6.16. The Morgan fingerprint density at radius 2 is 2.04 bits per heavy atom. The zero-order valence-electron chi connectivity index (χ0n) is 14.3. The number of carbonyl (C=O) groups is 1. The fourth-order valence-corrected chi connectivity index (χ4v) is 3.06. The average Bonchev–Trinajstić information content (AvgIpc) is 2.93. The minimum Gasteiger partial charge on any atom is -0.469 e. The van der Waals surface area contributed by atoms with E-state index in [0.717, 1.165) is 12.3 Å². The molecule has 26 heavy (non-hydrogen) atoms. The summed E-state index contributed by atoms with van der Waals surface area (Å²) in [7, 11) is 1.30. The van der Waals surface area contributed by atoms with Crippen LogP contribution in [0.1, 0.15) is 25.2 Å². The second-order valence-electron chi connectivity index (χ2n) is 5.82. The van der Waals surface area contributed by atoms with Crippen molar-refractivity contribution >= 4 is 28.6 Å². The molecule has 1 aromatic carbocycles. The maximum atomic E-state index is 14.6. The number of aromatic nitrogens is 4. The average molecular weight is 381 g/mol. The molecule has 6 nitrogen and oxygen atoms in total. The lowest BCUT2D eigenvalue weighted by Gasteiger charge is -2.15. The lowest BCUT2D eigenvalue weighted by molar-refractivity contribution is -0.141. The highest BCUT2D eigenvalue weighted by Gasteiger charge is 2.21. The first-order valence-corrected chi connectivity index (χ1v) is 8.13. The Hall–Kier alpha value is -2.61. The number of nitrogens with zero attached hydrogens (tertiary/aromatic N) is 4. The Bertz CT molecular complexity index is 1010. The predicted octanol–water partition coefficient (Wildman–Crippen LogP) is 3.86. The molecular formula is C17H15ClF2N4O2. The third-order valence-electron chi connectivity index (χ3n) is 4.04. The van der Waals surface area contributed by atoms with Gasteiger partial charge in [-0.2, -0.15) is 0 Å². The number of fused-ring (bicyclic) bond motifs is 1. The van der Waals surface area contributed by atoms with Crippen LogP contribution in [0.3, 0.4) is 0 Å². The summed E-state index contributed by atoms with van der Waals surface area (Å²) in [5.74, 6) is -1.23. The van der Waals surface area contributed by atoms with Crippen molar-refractivity contribution in [3.05, 3.63) is 41.1 Å². The lowest BCUT2D eigenvalue weighted by atomic mass is 10.1. The molecule has 1 atom stereocenters. The standard InChI is InChI=1S/C17H15ClF2N4O2/c1-8(4-14(25)26-3)24-9(2)22-16-11(19)5-10(6-13(16)24)15-12(20)7-21-17(18)23-15/h5-8H,4H2,1-3H3/t8-/m1/s1. The van der Waals surface area contributed by atoms with Crippen molar-refractivity contribution < 1.29 is 18.3 Å². The van der Waals surface area contributed by atoms with Crippen molar-refractivity contribution in [3.8, 4) is 11.3 Å². The maximum absolute atomic E-state index is 14.6. The van der Waals surface area contributed by atoms with E-state index in [4.69, 9.17) is 11.6 Å². The number of aryl methyl sites for hydroxylation is 1. The van der Waals surface area contributed by atoms with Gasteiger partial charge in [0.05, 0.1) is 25.2 Å². The number of imidazole rings is 1. The fraction of sp³-hybridized carbons (Fsp3) is 0.294. The zero-order chi connectivity index (χ0) is 19.0. The molecule has 0 N–H and O–H groups in total. The van der Waals surface area contributed by atoms with E-state index in [-0.39, 0.29) is 34.5 Å². The molecule has 3 rings (SSSR count). The van der Waals surface area contributed by atoms with Gasteiger partial charge >= 0.3 is 5.97 Å². The number of methoxy groups -OCH3 is 1. The molecule has 3 aromatic rings. The molecule has 0 aliphatic heterocycles. The molecule has 136 valence electrons. The van der Waals surface area contributed by atoms with E-state index in [9.17, 15) is 13.6 Å². The van der Waals surface area contributed by atoms with Gasteiger partial charge in [-0.15, -0.1) is 0 Å². The van der Waals surface area contributed by atoms with Gasteiger partial charge in [-0.1, -0.05) is 0 Å². The smallest absolute Gasteiger partial charge is 0.307 e. The van der Waals surface area contributed by atoms with Crippen LogP contribution in [0.25, 0.3) is 22.3 Å². The van der Waals surface area contributed by atoms with Gasteiger partial charge in [0, 0.05) is 11.6 Å². The minimum atomic E-state index is -0.724. The van der Waals surface area contributed by atoms with Crippen molar-refractivity contribution in [2.24, 2.45) is 0 Å². The Morgan fingerprint density at radius 1 is 1.31 bits per heavy atom. The van der Waals surface area contributed by atoms with Crippen molar-refractivity contribution in [2.45, 2.75) is 26.3 Å². The number of halogens is 3. The highest BCUT2D eigenvalue weighted by molar-refractivity contribution is 6.28. The molecule has 0 aliphatic rings. The zero-order valence-corrected chi connectivity index (χ0v) is 15.0. The fourth-order valence-electron chi connectivity index (χ4n) is 2.93. The molecule has 0 aliphatic carbocycles. The van der Waals surface area contributed by atoms with E-state index in [1.807, 2.05) is 0 Å². The maximum Gasteiger partial charge on any atom is 0.307 e. The predicted molar refractivity (Wildman–Crippen MR) is 91.8 cm³/mol. The van der Waals surface area contributed by atoms with Crippen molar-refractivity contribution in [1.82, 2.24) is 19.5 Å². The van der Waals surface area contributed by atoms with Gasteiger partial charge in [0.2, 0.25) is 5.28 Å². The van der Waals surface area contributed by atoms with E-state index in [2.05, 4.69) is 19.7 Å². The first-order chi connectivity index (χ1) is 12.3. The van der Waals surface area contributed by atoms with Crippen LogP contribution in [-0.4, -0.2) is 32.6 Å². The summed E-state index contributed by atoms with van der Waals surface area (Å²) in [6.45, 7) is 3.49. The molecule has 2 heterocycles. The quantitative estimate of drug-likeness (QED) is 0.508. The van der Waals surface area contributed by atoms with Crippen LogP contribution in [0, 0.1) is 18.6 Å². The molecule has 0 unspecified atom stereocenters. The molecule has 0 saturated heterocycles. The van der Waals surface area contributed by atoms with E-state index in [1.54, 1.807) is 24.5 Å². The van der Waals surface area contributed by atoms with Gasteiger partial charge in [0.25, 0.3) is 0 Å². The summed E-state index contributed by atoms with van der Waals surface area (Å²) in [6, 6.07) is 2.38. The molecular weight excluding hydrogens is 366 g/mol. The number of esters is 1. The number of ether oxygens (including phenoxy) is 1. The summed E-state index contributed by atoms with van der Waals surface area (Å²) in [4.78, 5) is 23.2. The molecule has 0 spiro atoms. The van der Waals surface area contributed by atoms with Crippen LogP contribution in [0.4, 0.5) is 8.78 Å². The van der Waals surface area contributed by atoms with Crippen molar-refractivity contribution in [1.29, 1.82) is 0 Å². The van der Waals surface area contributed by atoms with Crippen molar-refractivity contribution in [3.63, 3.8) is 0 Å². The Labute approximate surface area is 152 Å². The van der Waals surface area contributed by atoms with Gasteiger partial charge in [0.15, 0.2) is 11.6 Å². The van der Waals surface area contributed by atoms with Gasteiger partial charge in [-0.25, -0.2) is 23.7 Å². The summed E-state index contributed by atoms with van der Waals surface area (Å²) in [6.07, 6.45) is 1.01. The topological polar surface area (TPSA) is 69.9 Å². The Kier molecular flexibility index (Phi) is 4.86. The Balaban J connectivity index is 2.19. The summed E-state index contributed by atoms with van der Waals surface area (Å²) >= 11 is 5.73. The molecule has 0 amide bonds. The van der Waals surface area contributed by atoms with E-state index >= 15 is 0 Å². The second kappa shape index (κ2) is 6.95. The van der Waals surface area contributed by atoms with E-state index in [0.29, 0.717) is 11.3 Å². The molecule has 9 heteroatoms. The lowest BCUT2D eigenvalue weighted by Crippen LogP contribution is -2.13. The number of hydrogen-bond donors (Lipinski definition) is 0. The minimum absolute atomic E-state index is 0.0857. The van der Waals surface area contributed by atoms with Crippen LogP contribution in [0.15, 0.2) is 18.3 Å². The number of rotatable bonds is 4. The highest BCUT2D eigenvalue weighted by Crippen LogP contribution is 2.31. The van der Waals surface area contributed by atoms with Crippen LogP contribution in [0.5, 0.6) is 0 Å². The molecule has 2 aromatic heterocycles. The van der Waals surface area contributed by atoms with Crippen LogP contribution < -0.4 is 0 Å². The highest BCUT2D eigenvalue weighted by atomic mass is 35.5. The van der Waals surface area contributed by atoms with Crippen molar-refractivity contribution in [2.75, 3.05) is 7.11 Å². The van der Waals surface area contributed by atoms with Crippen LogP contribution in [0.2, 0.25) is 5.28 Å². The van der Waals surface area contributed by atoms with Gasteiger partial charge in [-0.05, 0) is 37.6 Å². The van der Waals surface area contributed by atoms with Gasteiger partial charge in [-0.3, -0.25) is 4.79 Å². The normalized spacial score (nSPS) is 12.4. The summed E-state index contributed by atoms with van der Waals surface area (Å²) < 4.78 is 35.1. The first-order valence-electron chi connectivity index (χ1n) is 7.75. The van der Waals surface area contributed by atoms with E-state index < -0.39 is 17.6 Å². The molecule has 0 saturated carbocycles. The third kappa shape index (κ3) is 3.24. The molecule has 0 bridgehead atoms. The molecule has 0 fully saturated rings. The number of hydrogen-bond acceptors (Lipinski definition) is 5. The van der Waals surface area contributed by atoms with Gasteiger partial charge < -0.3 is 9.30 Å². The molecule has 0 radical (unpaired) electrons. The van der Waals surface area contributed by atoms with Crippen LogP contribution >= 0.6 is 11.6 Å². The SMILES string of the molecule is COC(=O)C[C@@H](C)n1c(C)nc2c(F)cc(-c3nc(Cl)ncc3F)cc21. The summed E-state index contributed by atoms with van der Waals surface area (Å²) in [5, 5.41) is -0.148. The Morgan fingerprint density at radius 3 is 2.73 bits per heavy atom. The monoisotopic (exact) mass is 380 g/mol. The first kappa shape index (κ1) is 18.2. The number of benzene rings is 1. The number of carbonyl (C=O) groups excluding carboxylic acids is 1. The van der Waals surface area contributed by atoms with Crippen LogP contribution in [-0.2, 0) is 9.53 Å². The van der Waals surface area contributed by atoms with Gasteiger partial charge in [0.1, 0.15) is 17.0 Å². The third-order valence-corrected chi connectivity index (χ3v) is 4.23. The largest absolute Gasteiger partial charge is 0.469 e.